The molecular formula is C20H27N5. The summed E-state index contributed by atoms with van der Waals surface area (Å²) in [5, 5.41) is 6.75. The first-order chi connectivity index (χ1) is 12.3. The predicted molar refractivity (Wildman–Crippen MR) is 104 cm³/mol. The molecule has 1 fully saturated rings. The number of guanidine groups is 1. The van der Waals surface area contributed by atoms with Crippen molar-refractivity contribution in [3.05, 3.63) is 59.8 Å². The van der Waals surface area contributed by atoms with E-state index in [2.05, 4.69) is 61.9 Å². The van der Waals surface area contributed by atoms with E-state index < -0.39 is 0 Å². The van der Waals surface area contributed by atoms with E-state index in [0.717, 1.165) is 44.4 Å². The van der Waals surface area contributed by atoms with Gasteiger partial charge in [0, 0.05) is 39.4 Å². The molecule has 0 aliphatic carbocycles. The number of hydrogen-bond donors (Lipinski definition) is 2. The zero-order valence-electron chi connectivity index (χ0n) is 14.9. The molecule has 1 aromatic carbocycles. The van der Waals surface area contributed by atoms with Gasteiger partial charge in [-0.2, -0.15) is 0 Å². The molecule has 2 heterocycles. The molecule has 1 aliphatic heterocycles. The molecule has 1 aliphatic rings. The summed E-state index contributed by atoms with van der Waals surface area (Å²) in [5.74, 6) is 1.92. The van der Waals surface area contributed by atoms with E-state index in [0.29, 0.717) is 0 Å². The summed E-state index contributed by atoms with van der Waals surface area (Å²) in [6.07, 6.45) is 5.41. The van der Waals surface area contributed by atoms with Crippen LogP contribution in [-0.2, 0) is 13.0 Å². The number of pyridine rings is 1. The maximum atomic E-state index is 4.50. The Hall–Kier alpha value is -2.56. The number of aromatic nitrogens is 1. The highest BCUT2D eigenvalue weighted by Crippen LogP contribution is 2.18. The molecule has 2 aromatic rings. The summed E-state index contributed by atoms with van der Waals surface area (Å²) >= 11 is 0. The van der Waals surface area contributed by atoms with Crippen LogP contribution in [-0.4, -0.2) is 37.6 Å². The van der Waals surface area contributed by atoms with Crippen molar-refractivity contribution >= 4 is 11.8 Å². The van der Waals surface area contributed by atoms with Gasteiger partial charge in [-0.1, -0.05) is 30.3 Å². The molecule has 132 valence electrons. The Balaban J connectivity index is 1.47. The van der Waals surface area contributed by atoms with Crippen molar-refractivity contribution in [2.24, 2.45) is 4.99 Å². The Morgan fingerprint density at radius 3 is 2.64 bits per heavy atom. The van der Waals surface area contributed by atoms with Crippen molar-refractivity contribution in [1.29, 1.82) is 0 Å². The number of nitrogens with zero attached hydrogens (tertiary/aromatic N) is 3. The minimum Gasteiger partial charge on any atom is -0.357 e. The van der Waals surface area contributed by atoms with Crippen molar-refractivity contribution in [3.8, 4) is 0 Å². The van der Waals surface area contributed by atoms with Crippen LogP contribution < -0.4 is 15.5 Å². The van der Waals surface area contributed by atoms with Crippen molar-refractivity contribution in [2.45, 2.75) is 25.8 Å². The number of aliphatic imine (C=N–C) groups is 1. The molecule has 0 unspecified atom stereocenters. The van der Waals surface area contributed by atoms with Gasteiger partial charge in [-0.3, -0.25) is 4.99 Å². The second kappa shape index (κ2) is 9.06. The van der Waals surface area contributed by atoms with Crippen LogP contribution in [0.15, 0.2) is 53.7 Å². The maximum Gasteiger partial charge on any atom is 0.191 e. The average molecular weight is 337 g/mol. The molecule has 1 aromatic heterocycles. The van der Waals surface area contributed by atoms with Gasteiger partial charge in [-0.25, -0.2) is 4.98 Å². The molecule has 0 amide bonds. The van der Waals surface area contributed by atoms with Gasteiger partial charge in [0.1, 0.15) is 5.82 Å². The lowest BCUT2D eigenvalue weighted by atomic mass is 10.1. The lowest BCUT2D eigenvalue weighted by Crippen LogP contribution is -2.37. The lowest BCUT2D eigenvalue weighted by molar-refractivity contribution is 0.793. The zero-order chi connectivity index (χ0) is 17.3. The Morgan fingerprint density at radius 2 is 1.88 bits per heavy atom. The Morgan fingerprint density at radius 1 is 1.08 bits per heavy atom. The molecule has 0 atom stereocenters. The van der Waals surface area contributed by atoms with Crippen LogP contribution in [0.3, 0.4) is 0 Å². The van der Waals surface area contributed by atoms with E-state index >= 15 is 0 Å². The quantitative estimate of drug-likeness (QED) is 0.628. The fourth-order valence-corrected chi connectivity index (χ4v) is 3.07. The van der Waals surface area contributed by atoms with Gasteiger partial charge in [0.15, 0.2) is 5.96 Å². The number of rotatable bonds is 6. The number of benzene rings is 1. The Bertz CT molecular complexity index is 677. The summed E-state index contributed by atoms with van der Waals surface area (Å²) in [6, 6.07) is 14.7. The third kappa shape index (κ3) is 5.21. The fraction of sp³-hybridized carbons (Fsp3) is 0.400. The molecule has 0 spiro atoms. The van der Waals surface area contributed by atoms with Crippen LogP contribution in [0.1, 0.15) is 24.0 Å². The summed E-state index contributed by atoms with van der Waals surface area (Å²) in [5.41, 5.74) is 2.55. The lowest BCUT2D eigenvalue weighted by Gasteiger charge is -2.17. The summed E-state index contributed by atoms with van der Waals surface area (Å²) in [4.78, 5) is 11.2. The van der Waals surface area contributed by atoms with Crippen molar-refractivity contribution in [1.82, 2.24) is 15.6 Å². The van der Waals surface area contributed by atoms with Gasteiger partial charge in [-0.15, -0.1) is 0 Å². The molecule has 25 heavy (non-hydrogen) atoms. The van der Waals surface area contributed by atoms with Gasteiger partial charge in [-0.05, 0) is 42.5 Å². The van der Waals surface area contributed by atoms with Gasteiger partial charge >= 0.3 is 0 Å². The standard InChI is InChI=1S/C20H27N5/c1-21-20(23-12-9-17-7-3-2-4-8-17)24-16-18-10-11-22-19(15-18)25-13-5-6-14-25/h2-4,7-8,10-11,15H,5-6,9,12-14,16H2,1H3,(H2,21,23,24). The summed E-state index contributed by atoms with van der Waals surface area (Å²) in [7, 11) is 1.81. The molecule has 5 heteroatoms. The van der Waals surface area contributed by atoms with Crippen LogP contribution in [0, 0.1) is 0 Å². The smallest absolute Gasteiger partial charge is 0.191 e. The SMILES string of the molecule is CN=C(NCCc1ccccc1)NCc1ccnc(N2CCCC2)c1. The first-order valence-corrected chi connectivity index (χ1v) is 9.03. The third-order valence-electron chi connectivity index (χ3n) is 4.47. The van der Waals surface area contributed by atoms with Crippen LogP contribution >= 0.6 is 0 Å². The second-order valence-electron chi connectivity index (χ2n) is 6.30. The van der Waals surface area contributed by atoms with Crippen LogP contribution in [0.5, 0.6) is 0 Å². The van der Waals surface area contributed by atoms with Crippen molar-refractivity contribution in [3.63, 3.8) is 0 Å². The molecule has 3 rings (SSSR count). The fourth-order valence-electron chi connectivity index (χ4n) is 3.07. The van der Waals surface area contributed by atoms with Gasteiger partial charge in [0.25, 0.3) is 0 Å². The highest BCUT2D eigenvalue weighted by molar-refractivity contribution is 5.79. The van der Waals surface area contributed by atoms with Crippen LogP contribution in [0.4, 0.5) is 5.82 Å². The molecule has 0 bridgehead atoms. The average Bonchev–Trinajstić information content (AvgIpc) is 3.20. The van der Waals surface area contributed by atoms with Gasteiger partial charge < -0.3 is 15.5 Å². The van der Waals surface area contributed by atoms with E-state index in [1.807, 2.05) is 12.3 Å². The summed E-state index contributed by atoms with van der Waals surface area (Å²) in [6.45, 7) is 3.84. The van der Waals surface area contributed by atoms with E-state index in [4.69, 9.17) is 0 Å². The second-order valence-corrected chi connectivity index (χ2v) is 6.30. The van der Waals surface area contributed by atoms with Crippen LogP contribution in [0.2, 0.25) is 0 Å². The molecule has 0 saturated carbocycles. The first-order valence-electron chi connectivity index (χ1n) is 9.03. The Kier molecular flexibility index (Phi) is 6.26. The Labute approximate surface area is 150 Å². The summed E-state index contributed by atoms with van der Waals surface area (Å²) < 4.78 is 0. The van der Waals surface area contributed by atoms with E-state index in [1.54, 1.807) is 7.05 Å². The van der Waals surface area contributed by atoms with E-state index in [-0.39, 0.29) is 0 Å². The molecule has 0 radical (unpaired) electrons. The van der Waals surface area contributed by atoms with Gasteiger partial charge in [0.05, 0.1) is 0 Å². The minimum absolute atomic E-state index is 0.744. The number of nitrogens with one attached hydrogen (secondary N) is 2. The molecule has 2 N–H and O–H groups in total. The molecule has 1 saturated heterocycles. The normalized spacial score (nSPS) is 14.6. The van der Waals surface area contributed by atoms with Crippen LogP contribution in [0.25, 0.3) is 0 Å². The largest absolute Gasteiger partial charge is 0.357 e. The monoisotopic (exact) mass is 337 g/mol. The molecule has 5 nitrogen and oxygen atoms in total. The van der Waals surface area contributed by atoms with Gasteiger partial charge in [0.2, 0.25) is 0 Å². The zero-order valence-corrected chi connectivity index (χ0v) is 14.9. The number of hydrogen-bond acceptors (Lipinski definition) is 3. The van der Waals surface area contributed by atoms with E-state index in [9.17, 15) is 0 Å². The predicted octanol–water partition coefficient (Wildman–Crippen LogP) is 2.59. The topological polar surface area (TPSA) is 52.6 Å². The highest BCUT2D eigenvalue weighted by atomic mass is 15.2. The maximum absolute atomic E-state index is 4.50. The van der Waals surface area contributed by atoms with Crippen molar-refractivity contribution in [2.75, 3.05) is 31.6 Å². The molecular weight excluding hydrogens is 310 g/mol. The number of anilines is 1. The third-order valence-corrected chi connectivity index (χ3v) is 4.47. The van der Waals surface area contributed by atoms with E-state index in [1.165, 1.54) is 24.0 Å². The highest BCUT2D eigenvalue weighted by Gasteiger charge is 2.13. The minimum atomic E-state index is 0.744. The first kappa shape index (κ1) is 17.3. The van der Waals surface area contributed by atoms with Crippen molar-refractivity contribution < 1.29 is 0 Å².